The van der Waals surface area contributed by atoms with Crippen molar-refractivity contribution in [1.29, 1.82) is 0 Å². The van der Waals surface area contributed by atoms with Gasteiger partial charge in [0.1, 0.15) is 18.3 Å². The standard InChI is InChI=1S/C32H40FN5O4S/c1-4-20(2)24-17-38(27-25(40)18-42-28(24)27)32(19-39,23-7-5-6-8-23)35-30(41)22-11-9-21(10-12-22)26-29(33)43-31(34-26)37-15-13-36(3)14-16-37/h4,9-12,19,23-24,27-28H,5-8,13-18H2,1-3H3,(H,35,41)/b20-4+. The average molecular weight is 610 g/mol. The zero-order valence-electron chi connectivity index (χ0n) is 25.1. The van der Waals surface area contributed by atoms with Crippen molar-refractivity contribution in [3.05, 3.63) is 46.6 Å². The maximum Gasteiger partial charge on any atom is 0.253 e. The minimum absolute atomic E-state index is 0.0119. The Balaban J connectivity index is 1.25. The summed E-state index contributed by atoms with van der Waals surface area (Å²) in [6.45, 7) is 7.85. The number of fused-ring (bicyclic) bond motifs is 1. The number of anilines is 1. The van der Waals surface area contributed by atoms with Crippen LogP contribution >= 0.6 is 11.3 Å². The second-order valence-corrected chi connectivity index (χ2v) is 13.3. The number of ether oxygens (including phenoxy) is 1. The highest BCUT2D eigenvalue weighted by Gasteiger charge is 2.59. The number of amides is 1. The summed E-state index contributed by atoms with van der Waals surface area (Å²) in [4.78, 5) is 50.9. The summed E-state index contributed by atoms with van der Waals surface area (Å²) in [7, 11) is 2.07. The summed E-state index contributed by atoms with van der Waals surface area (Å²) in [5, 5.41) is 3.41. The third-order valence-electron chi connectivity index (χ3n) is 9.94. The topological polar surface area (TPSA) is 95.1 Å². The number of hydrogen-bond acceptors (Lipinski definition) is 9. The fraction of sp³-hybridized carbons (Fsp3) is 0.562. The number of nitrogens with one attached hydrogen (secondary N) is 1. The van der Waals surface area contributed by atoms with E-state index in [0.29, 0.717) is 22.8 Å². The Morgan fingerprint density at radius 3 is 2.51 bits per heavy atom. The van der Waals surface area contributed by atoms with Gasteiger partial charge in [-0.2, -0.15) is 4.39 Å². The predicted octanol–water partition coefficient (Wildman–Crippen LogP) is 3.75. The second kappa shape index (κ2) is 12.2. The SMILES string of the molecule is C/C=C(\C)C1CN(C(C=O)(NC(=O)c2ccc(-c3nc(N4CCN(C)CC4)sc3F)cc2)C2CCCC2)C2C(=O)COC12. The molecule has 4 unspecified atom stereocenters. The Morgan fingerprint density at radius 2 is 1.86 bits per heavy atom. The number of nitrogens with zero attached hydrogens (tertiary/aromatic N) is 4. The van der Waals surface area contributed by atoms with Gasteiger partial charge in [-0.25, -0.2) is 4.98 Å². The van der Waals surface area contributed by atoms with Crippen molar-refractivity contribution in [3.8, 4) is 11.3 Å². The molecule has 0 radical (unpaired) electrons. The molecule has 1 N–H and O–H groups in total. The Labute approximate surface area is 256 Å². The number of likely N-dealkylation sites (N-methyl/N-ethyl adjacent to an activating group) is 1. The van der Waals surface area contributed by atoms with Crippen molar-refractivity contribution in [2.24, 2.45) is 11.8 Å². The van der Waals surface area contributed by atoms with E-state index in [-0.39, 0.29) is 41.2 Å². The molecule has 230 valence electrons. The van der Waals surface area contributed by atoms with Gasteiger partial charge < -0.3 is 19.9 Å². The van der Waals surface area contributed by atoms with Crippen LogP contribution < -0.4 is 10.2 Å². The fourth-order valence-corrected chi connectivity index (χ4v) is 8.13. The molecule has 4 atom stereocenters. The molecule has 1 aliphatic carbocycles. The van der Waals surface area contributed by atoms with E-state index < -0.39 is 17.6 Å². The Bertz CT molecular complexity index is 1400. The molecular formula is C32H40FN5O4S. The first-order valence-corrected chi connectivity index (χ1v) is 16.1. The minimum atomic E-state index is -1.33. The summed E-state index contributed by atoms with van der Waals surface area (Å²) in [5.41, 5.74) is 0.982. The van der Waals surface area contributed by atoms with Crippen molar-refractivity contribution in [2.45, 2.75) is 57.3 Å². The summed E-state index contributed by atoms with van der Waals surface area (Å²) in [5.74, 6) is -0.622. The summed E-state index contributed by atoms with van der Waals surface area (Å²) < 4.78 is 21.0. The van der Waals surface area contributed by atoms with Gasteiger partial charge in [0, 0.05) is 55.7 Å². The van der Waals surface area contributed by atoms with Gasteiger partial charge in [0.25, 0.3) is 5.91 Å². The molecule has 11 heteroatoms. The average Bonchev–Trinajstić information content (AvgIpc) is 3.83. The first-order valence-electron chi connectivity index (χ1n) is 15.3. The molecule has 1 amide bonds. The maximum absolute atomic E-state index is 15.0. The normalized spacial score (nSPS) is 27.0. The lowest BCUT2D eigenvalue weighted by Gasteiger charge is -2.44. The van der Waals surface area contributed by atoms with Crippen molar-refractivity contribution in [3.63, 3.8) is 0 Å². The largest absolute Gasteiger partial charge is 0.368 e. The molecule has 3 saturated heterocycles. The minimum Gasteiger partial charge on any atom is -0.368 e. The van der Waals surface area contributed by atoms with Crippen molar-refractivity contribution in [1.82, 2.24) is 20.1 Å². The number of thiazole rings is 1. The number of halogens is 1. The smallest absolute Gasteiger partial charge is 0.253 e. The van der Waals surface area contributed by atoms with Gasteiger partial charge in [-0.15, -0.1) is 0 Å². The molecule has 3 aliphatic heterocycles. The quantitative estimate of drug-likeness (QED) is 0.357. The number of benzene rings is 1. The van der Waals surface area contributed by atoms with Gasteiger partial charge in [0.2, 0.25) is 5.13 Å². The number of piperazine rings is 1. The van der Waals surface area contributed by atoms with Crippen LogP contribution in [0.25, 0.3) is 11.3 Å². The Hall–Kier alpha value is -2.99. The van der Waals surface area contributed by atoms with E-state index in [4.69, 9.17) is 4.74 Å². The molecule has 1 saturated carbocycles. The van der Waals surface area contributed by atoms with Crippen LogP contribution in [0, 0.1) is 17.0 Å². The number of rotatable bonds is 8. The van der Waals surface area contributed by atoms with Crippen molar-refractivity contribution in [2.75, 3.05) is 51.3 Å². The van der Waals surface area contributed by atoms with Crippen molar-refractivity contribution >= 4 is 34.4 Å². The first-order chi connectivity index (χ1) is 20.8. The van der Waals surface area contributed by atoms with Crippen molar-refractivity contribution < 1.29 is 23.5 Å². The van der Waals surface area contributed by atoms with Gasteiger partial charge in [-0.05, 0) is 45.9 Å². The van der Waals surface area contributed by atoms with Crippen LogP contribution in [0.2, 0.25) is 0 Å². The fourth-order valence-electron chi connectivity index (χ4n) is 7.26. The Kier molecular flexibility index (Phi) is 8.52. The molecule has 0 spiro atoms. The van der Waals surface area contributed by atoms with E-state index in [0.717, 1.165) is 75.1 Å². The lowest BCUT2D eigenvalue weighted by Crippen LogP contribution is -2.68. The number of carbonyl (C=O) groups excluding carboxylic acids is 3. The van der Waals surface area contributed by atoms with E-state index in [1.54, 1.807) is 24.3 Å². The van der Waals surface area contributed by atoms with E-state index in [1.165, 1.54) is 0 Å². The molecule has 1 aromatic heterocycles. The van der Waals surface area contributed by atoms with Gasteiger partial charge >= 0.3 is 0 Å². The molecule has 4 aliphatic rings. The van der Waals surface area contributed by atoms with E-state index in [9.17, 15) is 14.4 Å². The molecule has 1 aromatic carbocycles. The number of Topliss-reactive ketones (excluding diaryl/α,β-unsaturated/α-hetero) is 1. The lowest BCUT2D eigenvalue weighted by atomic mass is 9.88. The van der Waals surface area contributed by atoms with Crippen LogP contribution in [0.4, 0.5) is 9.52 Å². The monoisotopic (exact) mass is 609 g/mol. The molecule has 4 fully saturated rings. The summed E-state index contributed by atoms with van der Waals surface area (Å²) in [6, 6.07) is 6.10. The highest BCUT2D eigenvalue weighted by molar-refractivity contribution is 7.14. The first kappa shape index (κ1) is 30.1. The number of hydrogen-bond donors (Lipinski definition) is 1. The third-order valence-corrected chi connectivity index (χ3v) is 10.8. The van der Waals surface area contributed by atoms with Gasteiger partial charge in [-0.3, -0.25) is 19.3 Å². The van der Waals surface area contributed by atoms with E-state index in [2.05, 4.69) is 27.1 Å². The maximum atomic E-state index is 15.0. The number of aldehydes is 1. The molecule has 9 nitrogen and oxygen atoms in total. The number of aromatic nitrogens is 1. The van der Waals surface area contributed by atoms with Crippen LogP contribution in [0.1, 0.15) is 49.9 Å². The molecule has 6 rings (SSSR count). The highest BCUT2D eigenvalue weighted by Crippen LogP contribution is 2.44. The van der Waals surface area contributed by atoms with E-state index >= 15 is 4.39 Å². The highest BCUT2D eigenvalue weighted by atomic mass is 32.1. The molecule has 2 aromatic rings. The number of allylic oxidation sites excluding steroid dienone is 1. The second-order valence-electron chi connectivity index (χ2n) is 12.3. The third kappa shape index (κ3) is 5.45. The molecular weight excluding hydrogens is 569 g/mol. The molecule has 0 bridgehead atoms. The predicted molar refractivity (Wildman–Crippen MR) is 164 cm³/mol. The van der Waals surface area contributed by atoms with Gasteiger partial charge in [0.05, 0.1) is 6.10 Å². The summed E-state index contributed by atoms with van der Waals surface area (Å²) in [6.07, 6.45) is 6.02. The Morgan fingerprint density at radius 1 is 1.16 bits per heavy atom. The zero-order valence-corrected chi connectivity index (χ0v) is 25.9. The zero-order chi connectivity index (χ0) is 30.3. The molecule has 4 heterocycles. The lowest BCUT2D eigenvalue weighted by molar-refractivity contribution is -0.131. The number of carbonyl (C=O) groups is 3. The van der Waals surface area contributed by atoms with Crippen LogP contribution in [0.5, 0.6) is 0 Å². The van der Waals surface area contributed by atoms with Crippen LogP contribution in [0.15, 0.2) is 35.9 Å². The van der Waals surface area contributed by atoms with Gasteiger partial charge in [0.15, 0.2) is 22.9 Å². The number of ketones is 1. The van der Waals surface area contributed by atoms with E-state index in [1.807, 2.05) is 24.8 Å². The molecule has 43 heavy (non-hydrogen) atoms. The van der Waals surface area contributed by atoms with Crippen LogP contribution in [0.3, 0.4) is 0 Å². The summed E-state index contributed by atoms with van der Waals surface area (Å²) >= 11 is 1.04. The van der Waals surface area contributed by atoms with Gasteiger partial charge in [-0.1, -0.05) is 48.0 Å². The number of likely N-dealkylation sites (tertiary alicyclic amines) is 1. The van der Waals surface area contributed by atoms with Crippen LogP contribution in [-0.2, 0) is 14.3 Å². The van der Waals surface area contributed by atoms with Crippen LogP contribution in [-0.4, -0.2) is 96.9 Å².